The Kier molecular flexibility index (Phi) is 6.20. The van der Waals surface area contributed by atoms with Gasteiger partial charge in [-0.15, -0.1) is 0 Å². The first kappa shape index (κ1) is 15.7. The molecule has 0 fully saturated rings. The van der Waals surface area contributed by atoms with E-state index in [0.29, 0.717) is 0 Å². The van der Waals surface area contributed by atoms with E-state index in [1.807, 2.05) is 0 Å². The van der Waals surface area contributed by atoms with Gasteiger partial charge in [-0.05, 0) is 25.1 Å². The second-order valence-corrected chi connectivity index (χ2v) is 3.69. The lowest BCUT2D eigenvalue weighted by molar-refractivity contribution is -0.141. The van der Waals surface area contributed by atoms with E-state index in [9.17, 15) is 14.0 Å². The standard InChI is InChI=1S/C14H15FN2O3/c1-2-20-13(18)9-17-14(19)11-6-5-10(4-3-7-16)12(15)8-11/h5-6,8H,2,7,9,16H2,1H3,(H,17,19). The van der Waals surface area contributed by atoms with Crippen LogP contribution in [0.25, 0.3) is 0 Å². The molecule has 3 N–H and O–H groups in total. The van der Waals surface area contributed by atoms with Crippen molar-refractivity contribution in [3.05, 3.63) is 35.1 Å². The normalized spacial score (nSPS) is 9.35. The molecule has 0 radical (unpaired) electrons. The van der Waals surface area contributed by atoms with Crippen molar-refractivity contribution in [2.75, 3.05) is 19.7 Å². The predicted octanol–water partition coefficient (Wildman–Crippen LogP) is 0.429. The van der Waals surface area contributed by atoms with Crippen molar-refractivity contribution in [3.63, 3.8) is 0 Å². The van der Waals surface area contributed by atoms with E-state index in [0.717, 1.165) is 6.07 Å². The van der Waals surface area contributed by atoms with Gasteiger partial charge >= 0.3 is 5.97 Å². The highest BCUT2D eigenvalue weighted by Crippen LogP contribution is 2.09. The molecule has 0 aliphatic carbocycles. The Morgan fingerprint density at radius 1 is 1.45 bits per heavy atom. The second kappa shape index (κ2) is 7.92. The monoisotopic (exact) mass is 278 g/mol. The molecule has 1 aromatic carbocycles. The first-order valence-electron chi connectivity index (χ1n) is 6.00. The highest BCUT2D eigenvalue weighted by molar-refractivity contribution is 5.96. The van der Waals surface area contributed by atoms with E-state index in [2.05, 4.69) is 21.9 Å². The lowest BCUT2D eigenvalue weighted by Crippen LogP contribution is -2.30. The third-order valence-corrected chi connectivity index (χ3v) is 2.26. The third-order valence-electron chi connectivity index (χ3n) is 2.26. The summed E-state index contributed by atoms with van der Waals surface area (Å²) in [5.41, 5.74) is 5.46. The Morgan fingerprint density at radius 3 is 2.80 bits per heavy atom. The Hall–Kier alpha value is -2.39. The van der Waals surface area contributed by atoms with Gasteiger partial charge in [0.05, 0.1) is 18.7 Å². The van der Waals surface area contributed by atoms with Crippen LogP contribution in [-0.4, -0.2) is 31.6 Å². The molecule has 20 heavy (non-hydrogen) atoms. The molecular weight excluding hydrogens is 263 g/mol. The zero-order chi connectivity index (χ0) is 15.0. The van der Waals surface area contributed by atoms with Gasteiger partial charge in [-0.3, -0.25) is 9.59 Å². The first-order valence-corrected chi connectivity index (χ1v) is 6.00. The van der Waals surface area contributed by atoms with E-state index < -0.39 is 17.7 Å². The van der Waals surface area contributed by atoms with E-state index in [1.165, 1.54) is 12.1 Å². The van der Waals surface area contributed by atoms with Crippen LogP contribution in [0.4, 0.5) is 4.39 Å². The highest BCUT2D eigenvalue weighted by atomic mass is 19.1. The van der Waals surface area contributed by atoms with Crippen molar-refractivity contribution < 1.29 is 18.7 Å². The molecule has 0 spiro atoms. The maximum absolute atomic E-state index is 13.6. The number of hydrogen-bond donors (Lipinski definition) is 2. The van der Waals surface area contributed by atoms with Crippen molar-refractivity contribution in [1.82, 2.24) is 5.32 Å². The molecule has 6 heteroatoms. The summed E-state index contributed by atoms with van der Waals surface area (Å²) in [5, 5.41) is 2.34. The molecule has 0 heterocycles. The maximum Gasteiger partial charge on any atom is 0.325 e. The number of halogens is 1. The number of carbonyl (C=O) groups is 2. The Labute approximate surface area is 116 Å². The van der Waals surface area contributed by atoms with Crippen molar-refractivity contribution in [3.8, 4) is 11.8 Å². The molecule has 0 saturated carbocycles. The van der Waals surface area contributed by atoms with Gasteiger partial charge in [-0.2, -0.15) is 0 Å². The van der Waals surface area contributed by atoms with Crippen molar-refractivity contribution in [1.29, 1.82) is 0 Å². The average molecular weight is 278 g/mol. The fourth-order valence-corrected chi connectivity index (χ4v) is 1.37. The third kappa shape index (κ3) is 4.71. The molecule has 1 rings (SSSR count). The number of benzene rings is 1. The fourth-order valence-electron chi connectivity index (χ4n) is 1.37. The van der Waals surface area contributed by atoms with E-state index >= 15 is 0 Å². The van der Waals surface area contributed by atoms with Crippen molar-refractivity contribution in [2.45, 2.75) is 6.92 Å². The lowest BCUT2D eigenvalue weighted by Gasteiger charge is -2.05. The van der Waals surface area contributed by atoms with E-state index in [-0.39, 0.29) is 30.8 Å². The number of rotatable bonds is 4. The SMILES string of the molecule is CCOC(=O)CNC(=O)c1ccc(C#CCN)c(F)c1. The molecule has 1 amide bonds. The Bertz CT molecular complexity index is 561. The summed E-state index contributed by atoms with van der Waals surface area (Å²) in [6, 6.07) is 3.86. The van der Waals surface area contributed by atoms with Gasteiger partial charge < -0.3 is 15.8 Å². The number of amides is 1. The molecule has 5 nitrogen and oxygen atoms in total. The molecular formula is C14H15FN2O3. The summed E-state index contributed by atoms with van der Waals surface area (Å²) >= 11 is 0. The van der Waals surface area contributed by atoms with Gasteiger partial charge in [-0.1, -0.05) is 11.8 Å². The van der Waals surface area contributed by atoms with Crippen LogP contribution in [0.5, 0.6) is 0 Å². The molecule has 1 aromatic rings. The molecule has 0 unspecified atom stereocenters. The zero-order valence-corrected chi connectivity index (χ0v) is 11.0. The number of hydrogen-bond acceptors (Lipinski definition) is 4. The van der Waals surface area contributed by atoms with Gasteiger partial charge in [0.1, 0.15) is 12.4 Å². The lowest BCUT2D eigenvalue weighted by atomic mass is 10.1. The van der Waals surface area contributed by atoms with Crippen LogP contribution in [0.2, 0.25) is 0 Å². The molecule has 0 aliphatic heterocycles. The number of carbonyl (C=O) groups excluding carboxylic acids is 2. The summed E-state index contributed by atoms with van der Waals surface area (Å²) in [4.78, 5) is 22.8. The Balaban J connectivity index is 2.70. The summed E-state index contributed by atoms with van der Waals surface area (Å²) in [6.07, 6.45) is 0. The fraction of sp³-hybridized carbons (Fsp3) is 0.286. The minimum absolute atomic E-state index is 0.102. The first-order chi connectivity index (χ1) is 9.58. The van der Waals surface area contributed by atoms with Crippen LogP contribution >= 0.6 is 0 Å². The number of nitrogens with one attached hydrogen (secondary N) is 1. The average Bonchev–Trinajstić information content (AvgIpc) is 2.43. The van der Waals surface area contributed by atoms with Gasteiger partial charge in [0.25, 0.3) is 5.91 Å². The minimum Gasteiger partial charge on any atom is -0.465 e. The smallest absolute Gasteiger partial charge is 0.325 e. The van der Waals surface area contributed by atoms with Crippen LogP contribution in [-0.2, 0) is 9.53 Å². The maximum atomic E-state index is 13.6. The zero-order valence-electron chi connectivity index (χ0n) is 11.0. The molecule has 0 saturated heterocycles. The largest absolute Gasteiger partial charge is 0.465 e. The summed E-state index contributed by atoms with van der Waals surface area (Å²) < 4.78 is 18.3. The molecule has 0 aliphatic rings. The molecule has 0 aromatic heterocycles. The summed E-state index contributed by atoms with van der Waals surface area (Å²) in [6.45, 7) is 1.76. The molecule has 0 bridgehead atoms. The predicted molar refractivity (Wildman–Crippen MR) is 71.3 cm³/mol. The number of ether oxygens (including phenoxy) is 1. The quantitative estimate of drug-likeness (QED) is 0.618. The van der Waals surface area contributed by atoms with Crippen molar-refractivity contribution in [2.24, 2.45) is 5.73 Å². The van der Waals surface area contributed by atoms with Gasteiger partial charge in [0, 0.05) is 5.56 Å². The Morgan fingerprint density at radius 2 is 2.20 bits per heavy atom. The molecule has 106 valence electrons. The van der Waals surface area contributed by atoms with Crippen LogP contribution in [0, 0.1) is 17.7 Å². The molecule has 0 atom stereocenters. The second-order valence-electron chi connectivity index (χ2n) is 3.69. The summed E-state index contributed by atoms with van der Waals surface area (Å²) in [5.74, 6) is 3.35. The van der Waals surface area contributed by atoms with Gasteiger partial charge in [0.2, 0.25) is 0 Å². The number of nitrogens with two attached hydrogens (primary N) is 1. The van der Waals surface area contributed by atoms with Gasteiger partial charge in [0.15, 0.2) is 0 Å². The van der Waals surface area contributed by atoms with Crippen LogP contribution in [0.3, 0.4) is 0 Å². The van der Waals surface area contributed by atoms with Crippen molar-refractivity contribution >= 4 is 11.9 Å². The highest BCUT2D eigenvalue weighted by Gasteiger charge is 2.10. The van der Waals surface area contributed by atoms with E-state index in [4.69, 9.17) is 5.73 Å². The minimum atomic E-state index is -0.616. The van der Waals surface area contributed by atoms with Crippen LogP contribution in [0.15, 0.2) is 18.2 Å². The topological polar surface area (TPSA) is 81.4 Å². The van der Waals surface area contributed by atoms with Crippen LogP contribution < -0.4 is 11.1 Å². The van der Waals surface area contributed by atoms with E-state index in [1.54, 1.807) is 6.92 Å². The number of esters is 1. The van der Waals surface area contributed by atoms with Crippen LogP contribution in [0.1, 0.15) is 22.8 Å². The summed E-state index contributed by atoms with van der Waals surface area (Å²) in [7, 11) is 0. The van der Waals surface area contributed by atoms with Gasteiger partial charge in [-0.25, -0.2) is 4.39 Å².